The number of aliphatic hydroxyl groups is 1. The molecular weight excluding hydrogens is 257 g/mol. The molecule has 0 radical (unpaired) electrons. The van der Waals surface area contributed by atoms with Crippen LogP contribution in [0.2, 0.25) is 0 Å². The number of rotatable bonds is 5. The molecule has 2 atom stereocenters. The molecule has 0 aromatic heterocycles. The summed E-state index contributed by atoms with van der Waals surface area (Å²) in [5.41, 5.74) is 0.480. The minimum atomic E-state index is -3.76. The predicted octanol–water partition coefficient (Wildman–Crippen LogP) is 1.57. The number of hydrogen-bond donors (Lipinski definition) is 2. The number of benzene rings is 1. The summed E-state index contributed by atoms with van der Waals surface area (Å²) in [4.78, 5) is -0.0695. The zero-order valence-corrected chi connectivity index (χ0v) is 11.5. The van der Waals surface area contributed by atoms with Crippen molar-refractivity contribution in [1.82, 2.24) is 4.72 Å². The van der Waals surface area contributed by atoms with Gasteiger partial charge in [-0.05, 0) is 44.9 Å². The summed E-state index contributed by atoms with van der Waals surface area (Å²) in [7, 11) is -3.76. The van der Waals surface area contributed by atoms with Gasteiger partial charge in [0.05, 0.1) is 11.0 Å². The van der Waals surface area contributed by atoms with Crippen molar-refractivity contribution in [2.24, 2.45) is 0 Å². The van der Waals surface area contributed by atoms with Crippen molar-refractivity contribution in [2.75, 3.05) is 0 Å². The Morgan fingerprint density at radius 3 is 2.56 bits per heavy atom. The first-order chi connectivity index (χ1) is 8.22. The smallest absolute Gasteiger partial charge is 0.241 e. The summed E-state index contributed by atoms with van der Waals surface area (Å²) >= 11 is 0. The zero-order chi connectivity index (χ0) is 13.9. The van der Waals surface area contributed by atoms with Crippen molar-refractivity contribution in [2.45, 2.75) is 44.2 Å². The van der Waals surface area contributed by atoms with E-state index in [0.29, 0.717) is 12.0 Å². The van der Waals surface area contributed by atoms with Crippen LogP contribution < -0.4 is 4.72 Å². The molecule has 1 aromatic rings. The molecule has 0 saturated heterocycles. The molecule has 1 rings (SSSR count). The van der Waals surface area contributed by atoms with Gasteiger partial charge in [-0.15, -0.1) is 0 Å². The Balaban J connectivity index is 2.96. The van der Waals surface area contributed by atoms with Crippen LogP contribution in [-0.2, 0) is 10.0 Å². The van der Waals surface area contributed by atoms with Gasteiger partial charge in [-0.2, -0.15) is 0 Å². The summed E-state index contributed by atoms with van der Waals surface area (Å²) in [5.74, 6) is -0.593. The number of hydrogen-bond acceptors (Lipinski definition) is 3. The van der Waals surface area contributed by atoms with E-state index < -0.39 is 28.0 Å². The molecule has 0 bridgehead atoms. The van der Waals surface area contributed by atoms with E-state index in [4.69, 9.17) is 0 Å². The Labute approximate surface area is 107 Å². The van der Waals surface area contributed by atoms with E-state index in [0.717, 1.165) is 6.07 Å². The van der Waals surface area contributed by atoms with E-state index in [1.165, 1.54) is 12.1 Å². The highest BCUT2D eigenvalue weighted by Gasteiger charge is 2.20. The lowest BCUT2D eigenvalue weighted by molar-refractivity contribution is 0.175. The molecule has 102 valence electrons. The molecule has 0 amide bonds. The average Bonchev–Trinajstić information content (AvgIpc) is 2.19. The second kappa shape index (κ2) is 5.77. The Morgan fingerprint density at radius 2 is 2.00 bits per heavy atom. The summed E-state index contributed by atoms with van der Waals surface area (Å²) in [6.45, 7) is 4.84. The number of nitrogens with one attached hydrogen (secondary N) is 1. The van der Waals surface area contributed by atoms with Crippen LogP contribution in [0.4, 0.5) is 4.39 Å². The van der Waals surface area contributed by atoms with Crippen LogP contribution >= 0.6 is 0 Å². The highest BCUT2D eigenvalue weighted by atomic mass is 32.2. The second-order valence-electron chi connectivity index (χ2n) is 4.52. The van der Waals surface area contributed by atoms with E-state index in [2.05, 4.69) is 4.72 Å². The molecule has 6 heteroatoms. The zero-order valence-electron chi connectivity index (χ0n) is 10.6. The number of aryl methyl sites for hydroxylation is 1. The van der Waals surface area contributed by atoms with Gasteiger partial charge in [0.15, 0.2) is 0 Å². The van der Waals surface area contributed by atoms with Gasteiger partial charge >= 0.3 is 0 Å². The van der Waals surface area contributed by atoms with Crippen molar-refractivity contribution >= 4 is 10.0 Å². The number of sulfonamides is 1. The van der Waals surface area contributed by atoms with E-state index in [9.17, 15) is 17.9 Å². The molecule has 4 nitrogen and oxygen atoms in total. The van der Waals surface area contributed by atoms with Crippen LogP contribution in [-0.4, -0.2) is 25.7 Å². The van der Waals surface area contributed by atoms with Gasteiger partial charge in [0.1, 0.15) is 5.82 Å². The molecule has 0 saturated carbocycles. The molecule has 0 aliphatic rings. The van der Waals surface area contributed by atoms with E-state index in [1.807, 2.05) is 0 Å². The fraction of sp³-hybridized carbons (Fsp3) is 0.500. The molecule has 0 aliphatic heterocycles. The topological polar surface area (TPSA) is 66.4 Å². The van der Waals surface area contributed by atoms with E-state index >= 15 is 0 Å². The third-order valence-electron chi connectivity index (χ3n) is 2.49. The second-order valence-corrected chi connectivity index (χ2v) is 6.20. The van der Waals surface area contributed by atoms with Crippen molar-refractivity contribution in [3.05, 3.63) is 29.6 Å². The van der Waals surface area contributed by atoms with Gasteiger partial charge in [0.2, 0.25) is 10.0 Å². The standard InChI is InChI=1S/C12H18FNO3S/c1-8-4-5-11(13)7-12(8)18(16,17)14-9(2)6-10(3)15/h4-5,7,9-10,14-15H,6H2,1-3H3. The minimum Gasteiger partial charge on any atom is -0.393 e. The molecule has 0 spiro atoms. The third kappa shape index (κ3) is 4.04. The lowest BCUT2D eigenvalue weighted by atomic mass is 10.2. The largest absolute Gasteiger partial charge is 0.393 e. The van der Waals surface area contributed by atoms with Gasteiger partial charge in [-0.1, -0.05) is 6.07 Å². The Kier molecular flexibility index (Phi) is 4.84. The van der Waals surface area contributed by atoms with E-state index in [1.54, 1.807) is 20.8 Å². The SMILES string of the molecule is Cc1ccc(F)cc1S(=O)(=O)NC(C)CC(C)O. The molecule has 18 heavy (non-hydrogen) atoms. The molecule has 0 heterocycles. The molecule has 0 fully saturated rings. The molecule has 1 aromatic carbocycles. The molecule has 2 unspecified atom stereocenters. The van der Waals surface area contributed by atoms with Gasteiger partial charge in [-0.25, -0.2) is 17.5 Å². The van der Waals surface area contributed by atoms with Crippen LogP contribution in [0.15, 0.2) is 23.1 Å². The number of aliphatic hydroxyl groups excluding tert-OH is 1. The molecule has 2 N–H and O–H groups in total. The maximum absolute atomic E-state index is 13.1. The van der Waals surface area contributed by atoms with Crippen molar-refractivity contribution in [3.8, 4) is 0 Å². The monoisotopic (exact) mass is 275 g/mol. The fourth-order valence-electron chi connectivity index (χ4n) is 1.75. The predicted molar refractivity (Wildman–Crippen MR) is 67.2 cm³/mol. The highest BCUT2D eigenvalue weighted by Crippen LogP contribution is 2.17. The maximum Gasteiger partial charge on any atom is 0.241 e. The first-order valence-corrected chi connectivity index (χ1v) is 7.17. The maximum atomic E-state index is 13.1. The lowest BCUT2D eigenvalue weighted by Crippen LogP contribution is -2.35. The minimum absolute atomic E-state index is 0.0695. The van der Waals surface area contributed by atoms with Crippen LogP contribution in [0, 0.1) is 12.7 Å². The quantitative estimate of drug-likeness (QED) is 0.857. The van der Waals surface area contributed by atoms with Gasteiger partial charge < -0.3 is 5.11 Å². The fourth-order valence-corrected chi connectivity index (χ4v) is 3.26. The highest BCUT2D eigenvalue weighted by molar-refractivity contribution is 7.89. The Hall–Kier alpha value is -0.980. The van der Waals surface area contributed by atoms with Gasteiger partial charge in [0.25, 0.3) is 0 Å². The Bertz CT molecular complexity index is 514. The lowest BCUT2D eigenvalue weighted by Gasteiger charge is -2.16. The normalized spacial score (nSPS) is 15.4. The van der Waals surface area contributed by atoms with Crippen molar-refractivity contribution in [1.29, 1.82) is 0 Å². The van der Waals surface area contributed by atoms with Crippen LogP contribution in [0.25, 0.3) is 0 Å². The third-order valence-corrected chi connectivity index (χ3v) is 4.22. The number of halogens is 1. The summed E-state index contributed by atoms with van der Waals surface area (Å²) in [6.07, 6.45) is -0.301. The van der Waals surface area contributed by atoms with Crippen molar-refractivity contribution in [3.63, 3.8) is 0 Å². The first kappa shape index (κ1) is 15.1. The first-order valence-electron chi connectivity index (χ1n) is 5.69. The Morgan fingerprint density at radius 1 is 1.39 bits per heavy atom. The molecule has 0 aliphatic carbocycles. The van der Waals surface area contributed by atoms with Crippen LogP contribution in [0.3, 0.4) is 0 Å². The van der Waals surface area contributed by atoms with Crippen LogP contribution in [0.1, 0.15) is 25.8 Å². The molecular formula is C12H18FNO3S. The van der Waals surface area contributed by atoms with Crippen molar-refractivity contribution < 1.29 is 17.9 Å². The average molecular weight is 275 g/mol. The summed E-state index contributed by atoms with van der Waals surface area (Å²) < 4.78 is 39.6. The van der Waals surface area contributed by atoms with Crippen LogP contribution in [0.5, 0.6) is 0 Å². The van der Waals surface area contributed by atoms with Gasteiger partial charge in [-0.3, -0.25) is 0 Å². The summed E-state index contributed by atoms with van der Waals surface area (Å²) in [5, 5.41) is 9.19. The summed E-state index contributed by atoms with van der Waals surface area (Å²) in [6, 6.07) is 3.21. The van der Waals surface area contributed by atoms with E-state index in [-0.39, 0.29) is 4.90 Å². The van der Waals surface area contributed by atoms with Gasteiger partial charge in [0, 0.05) is 6.04 Å².